The molecule has 4 fully saturated rings. The van der Waals surface area contributed by atoms with Crippen molar-refractivity contribution in [2.45, 2.75) is 200 Å². The second kappa shape index (κ2) is 23.7. The Kier molecular flexibility index (Phi) is 27.1. The van der Waals surface area contributed by atoms with Gasteiger partial charge >= 0.3 is 18.9 Å². The van der Waals surface area contributed by atoms with Gasteiger partial charge in [0.2, 0.25) is 0 Å². The van der Waals surface area contributed by atoms with Gasteiger partial charge in [-0.3, -0.25) is 0 Å². The predicted octanol–water partition coefficient (Wildman–Crippen LogP) is 12.0. The van der Waals surface area contributed by atoms with Crippen LogP contribution in [0.25, 0.3) is 0 Å². The molecular weight excluding hydrogens is 679 g/mol. The smallest absolute Gasteiger partial charge is 0.381 e. The molecule has 1 aliphatic heterocycles. The van der Waals surface area contributed by atoms with Crippen LogP contribution in [-0.2, 0) is 4.74 Å². The predicted molar refractivity (Wildman–Crippen MR) is 228 cm³/mol. The van der Waals surface area contributed by atoms with Gasteiger partial charge in [0.1, 0.15) is 0 Å². The van der Waals surface area contributed by atoms with Crippen molar-refractivity contribution in [2.75, 3.05) is 13.2 Å². The van der Waals surface area contributed by atoms with Crippen LogP contribution < -0.4 is 18.9 Å². The monoisotopic (exact) mass is 762 g/mol. The van der Waals surface area contributed by atoms with Crippen LogP contribution in [-0.4, -0.2) is 50.3 Å². The van der Waals surface area contributed by atoms with E-state index in [1.54, 1.807) is 44.6 Å². The molecule has 1 saturated heterocycles. The molecule has 0 aromatic rings. The Morgan fingerprint density at radius 1 is 0.543 bits per heavy atom. The average molecular weight is 764 g/mol. The van der Waals surface area contributed by atoms with Gasteiger partial charge in [-0.25, -0.2) is 0 Å². The fraction of sp³-hybridized carbons (Fsp3) is 0.973. The number of ether oxygens (including phenoxy) is 1. The van der Waals surface area contributed by atoms with E-state index in [9.17, 15) is 0 Å². The Morgan fingerprint density at radius 3 is 1.17 bits per heavy atom. The van der Waals surface area contributed by atoms with E-state index in [1.807, 2.05) is 0 Å². The van der Waals surface area contributed by atoms with Crippen molar-refractivity contribution in [3.63, 3.8) is 0 Å². The summed E-state index contributed by atoms with van der Waals surface area (Å²) in [6, 6.07) is 1.59. The van der Waals surface area contributed by atoms with E-state index in [0.29, 0.717) is 0 Å². The molecule has 0 aromatic carbocycles. The van der Waals surface area contributed by atoms with Crippen molar-refractivity contribution in [2.24, 2.45) is 17.8 Å². The first kappa shape index (κ1) is 52.6. The third kappa shape index (κ3) is 18.6. The van der Waals surface area contributed by atoms with E-state index in [1.165, 1.54) is 51.4 Å². The number of rotatable bonds is 8. The first-order chi connectivity index (χ1) is 19.7. The van der Waals surface area contributed by atoms with Crippen LogP contribution in [0.15, 0.2) is 0 Å². The van der Waals surface area contributed by atoms with Crippen molar-refractivity contribution >= 4 is 59.2 Å². The number of hydrogen-bond acceptors (Lipinski definition) is 1. The summed E-state index contributed by atoms with van der Waals surface area (Å²) in [7, 11) is -3.00. The molecule has 4 unspecified atom stereocenters. The minimum atomic E-state index is -1.48. The maximum Gasteiger partial charge on any atom is 1.00 e. The minimum absolute atomic E-state index is 0. The van der Waals surface area contributed by atoms with E-state index < -0.39 is 37.1 Å². The summed E-state index contributed by atoms with van der Waals surface area (Å²) in [6.45, 7) is 31.2. The maximum absolute atomic E-state index is 6.08. The Morgan fingerprint density at radius 2 is 0.913 bits per heavy atom. The zero-order valence-corrected chi connectivity index (χ0v) is 40.1. The quantitative estimate of drug-likeness (QED) is 0.136. The number of halogens is 2. The van der Waals surface area contributed by atoms with Crippen LogP contribution in [0, 0.1) is 25.2 Å². The zero-order chi connectivity index (χ0) is 33.1. The molecule has 1 heterocycles. The van der Waals surface area contributed by atoms with Crippen LogP contribution in [0.2, 0.25) is 89.1 Å². The van der Waals surface area contributed by atoms with Gasteiger partial charge in [-0.2, -0.15) is 22.2 Å². The standard InChI is InChI=1S/C20H44Si3.C7H14.C4H12Cl2Si2.C4H8O.CH4.CH3.Li/c1-9-17-10-12-19(14-17)22(5,6)23(7,8)20-13-11-18(15-20)16-21(2,3)4;1-2-7-5-3-4-6-7;1-7(2,5)8(3,4)6;1-2-4-5-3-1;;;/h17-20H,9-16H2,1-8H3;7H,2-6H2,1H3;1-4H3;1-4H2;1H4;1H3;/q;;;;;-1;+1. The van der Waals surface area contributed by atoms with E-state index in [-0.39, 0.29) is 33.7 Å². The second-order valence-corrected chi connectivity index (χ2v) is 60.9. The molecular formula is C37H85Cl2LiOSi5. The molecule has 0 spiro atoms. The Balaban J connectivity index is -0.000000658. The van der Waals surface area contributed by atoms with Crippen molar-refractivity contribution in [3.8, 4) is 0 Å². The van der Waals surface area contributed by atoms with Gasteiger partial charge in [0.15, 0.2) is 13.8 Å². The van der Waals surface area contributed by atoms with Gasteiger partial charge in [-0.15, -0.1) is 0 Å². The molecule has 0 bridgehead atoms. The van der Waals surface area contributed by atoms with Gasteiger partial charge in [0.25, 0.3) is 0 Å². The van der Waals surface area contributed by atoms with E-state index in [2.05, 4.69) is 85.9 Å². The summed E-state index contributed by atoms with van der Waals surface area (Å²) in [5.41, 5.74) is 2.32. The Hall–Kier alpha value is 2.22. The first-order valence-electron chi connectivity index (χ1n) is 18.6. The Bertz CT molecular complexity index is 735. The summed E-state index contributed by atoms with van der Waals surface area (Å²) < 4.78 is 4.94. The summed E-state index contributed by atoms with van der Waals surface area (Å²) in [6.07, 6.45) is 20.9. The Labute approximate surface area is 319 Å². The molecule has 274 valence electrons. The molecule has 0 radical (unpaired) electrons. The SMILES string of the molecule is C.C1CCOC1.CCC1CCC([Si](C)(C)[Si](C)(C)C2CCC(C[Si](C)(C)C)C2)C1.CCC1CCCC1.C[Si](C)(Cl)[Si](C)(C)Cl.[CH3-].[Li+]. The largest absolute Gasteiger partial charge is 1.00 e. The molecule has 3 aliphatic carbocycles. The zero-order valence-electron chi connectivity index (χ0n) is 33.6. The molecule has 1 nitrogen and oxygen atoms in total. The third-order valence-electron chi connectivity index (χ3n) is 12.6. The van der Waals surface area contributed by atoms with Crippen molar-refractivity contribution in [1.82, 2.24) is 0 Å². The summed E-state index contributed by atoms with van der Waals surface area (Å²) in [5.74, 6) is 3.26. The van der Waals surface area contributed by atoms with E-state index >= 15 is 0 Å². The third-order valence-corrected chi connectivity index (χ3v) is 55.9. The van der Waals surface area contributed by atoms with Crippen LogP contribution in [0.1, 0.15) is 111 Å². The van der Waals surface area contributed by atoms with Gasteiger partial charge in [-0.1, -0.05) is 176 Å². The van der Waals surface area contributed by atoms with Gasteiger partial charge in [0, 0.05) is 36.5 Å². The molecule has 4 aliphatic rings. The minimum Gasteiger partial charge on any atom is -0.381 e. The fourth-order valence-corrected chi connectivity index (χ4v) is 23.6. The van der Waals surface area contributed by atoms with E-state index in [0.717, 1.165) is 42.0 Å². The van der Waals surface area contributed by atoms with Crippen LogP contribution in [0.4, 0.5) is 0 Å². The molecule has 0 amide bonds. The molecule has 4 rings (SSSR count). The van der Waals surface area contributed by atoms with Crippen LogP contribution in [0.3, 0.4) is 0 Å². The fourth-order valence-electron chi connectivity index (χ4n) is 7.86. The van der Waals surface area contributed by atoms with Crippen molar-refractivity contribution in [1.29, 1.82) is 0 Å². The average Bonchev–Trinajstić information content (AvgIpc) is 3.70. The normalized spacial score (nSPS) is 25.4. The van der Waals surface area contributed by atoms with Crippen molar-refractivity contribution in [3.05, 3.63) is 7.43 Å². The summed E-state index contributed by atoms with van der Waals surface area (Å²) in [5, 5.41) is 0. The number of hydrogen-bond donors (Lipinski definition) is 0. The summed E-state index contributed by atoms with van der Waals surface area (Å²) in [4.78, 5) is 0. The maximum atomic E-state index is 6.08. The van der Waals surface area contributed by atoms with E-state index in [4.69, 9.17) is 26.9 Å². The van der Waals surface area contributed by atoms with Crippen LogP contribution >= 0.6 is 22.2 Å². The summed E-state index contributed by atoms with van der Waals surface area (Å²) >= 11 is 12.2. The molecule has 9 heteroatoms. The van der Waals surface area contributed by atoms with Gasteiger partial charge in [0.05, 0.1) is 0 Å². The molecule has 4 atom stereocenters. The first-order valence-corrected chi connectivity index (χ1v) is 38.5. The molecule has 0 N–H and O–H groups in total. The van der Waals surface area contributed by atoms with Gasteiger partial charge in [-0.05, 0) is 41.7 Å². The topological polar surface area (TPSA) is 9.23 Å². The van der Waals surface area contributed by atoms with Crippen LogP contribution in [0.5, 0.6) is 0 Å². The molecule has 46 heavy (non-hydrogen) atoms. The van der Waals surface area contributed by atoms with Gasteiger partial charge < -0.3 is 12.2 Å². The molecule has 0 aromatic heterocycles. The molecule has 3 saturated carbocycles. The second-order valence-electron chi connectivity index (χ2n) is 18.2. The van der Waals surface area contributed by atoms with Crippen molar-refractivity contribution < 1.29 is 23.6 Å².